The van der Waals surface area contributed by atoms with Crippen molar-refractivity contribution in [3.63, 3.8) is 0 Å². The van der Waals surface area contributed by atoms with Crippen molar-refractivity contribution in [3.05, 3.63) is 46.1 Å². The lowest BCUT2D eigenvalue weighted by Crippen LogP contribution is -2.16. The Kier molecular flexibility index (Phi) is 3.69. The van der Waals surface area contributed by atoms with Crippen LogP contribution in [0.2, 0.25) is 0 Å². The van der Waals surface area contributed by atoms with E-state index in [-0.39, 0.29) is 5.91 Å². The number of nitrogens with zero attached hydrogens (tertiary/aromatic N) is 1. The number of aromatic amines is 1. The molecule has 0 aliphatic heterocycles. The fourth-order valence-corrected chi connectivity index (χ4v) is 2.40. The Labute approximate surface area is 113 Å². The number of H-pyrrole nitrogens is 1. The maximum atomic E-state index is 12.4. The van der Waals surface area contributed by atoms with Crippen molar-refractivity contribution < 1.29 is 4.79 Å². The van der Waals surface area contributed by atoms with E-state index in [1.807, 2.05) is 39.8 Å². The number of amides is 1. The minimum Gasteiger partial charge on any atom is -0.307 e. The van der Waals surface area contributed by atoms with Crippen LogP contribution in [0.25, 0.3) is 0 Å². The van der Waals surface area contributed by atoms with Gasteiger partial charge in [0.1, 0.15) is 5.82 Å². The van der Waals surface area contributed by atoms with E-state index in [4.69, 9.17) is 0 Å². The molecule has 1 aromatic heterocycles. The van der Waals surface area contributed by atoms with E-state index in [2.05, 4.69) is 15.5 Å². The molecule has 0 bridgehead atoms. The highest BCUT2D eigenvalue weighted by Gasteiger charge is 2.15. The van der Waals surface area contributed by atoms with E-state index >= 15 is 0 Å². The minimum absolute atomic E-state index is 0.0889. The zero-order valence-electron chi connectivity index (χ0n) is 11.8. The molecule has 1 heterocycles. The molecular weight excluding hydrogens is 238 g/mol. The molecule has 0 radical (unpaired) electrons. The van der Waals surface area contributed by atoms with Crippen LogP contribution in [0, 0.1) is 20.8 Å². The topological polar surface area (TPSA) is 57.8 Å². The maximum absolute atomic E-state index is 12.4. The monoisotopic (exact) mass is 257 g/mol. The van der Waals surface area contributed by atoms with Gasteiger partial charge in [-0.1, -0.05) is 24.6 Å². The highest BCUT2D eigenvalue weighted by Crippen LogP contribution is 2.19. The standard InChI is InChI=1S/C15H19N3O/c1-5-12-8-16-18-14(12)17-15(19)13-10(3)6-9(2)7-11(13)4/h6-8H,5H2,1-4H3,(H2,16,17,18,19). The van der Waals surface area contributed by atoms with Gasteiger partial charge in [-0.25, -0.2) is 0 Å². The predicted molar refractivity (Wildman–Crippen MR) is 76.6 cm³/mol. The number of carbonyl (C=O) groups is 1. The third-order valence-electron chi connectivity index (χ3n) is 3.24. The lowest BCUT2D eigenvalue weighted by atomic mass is 9.99. The van der Waals surface area contributed by atoms with Crippen LogP contribution in [0.1, 0.15) is 39.5 Å². The number of aryl methyl sites for hydroxylation is 4. The summed E-state index contributed by atoms with van der Waals surface area (Å²) in [5.74, 6) is 0.598. The van der Waals surface area contributed by atoms with Crippen LogP contribution in [0.4, 0.5) is 5.82 Å². The largest absolute Gasteiger partial charge is 0.307 e. The summed E-state index contributed by atoms with van der Waals surface area (Å²) in [6.45, 7) is 7.99. The second-order valence-corrected chi connectivity index (χ2v) is 4.85. The number of aromatic nitrogens is 2. The number of carbonyl (C=O) groups excluding carboxylic acids is 1. The van der Waals surface area contributed by atoms with Crippen LogP contribution in [0.15, 0.2) is 18.3 Å². The van der Waals surface area contributed by atoms with Crippen molar-refractivity contribution in [2.45, 2.75) is 34.1 Å². The Balaban J connectivity index is 2.31. The van der Waals surface area contributed by atoms with Gasteiger partial charge in [0.15, 0.2) is 0 Å². The van der Waals surface area contributed by atoms with Crippen LogP contribution in [0.5, 0.6) is 0 Å². The van der Waals surface area contributed by atoms with Crippen LogP contribution >= 0.6 is 0 Å². The number of rotatable bonds is 3. The molecule has 100 valence electrons. The molecule has 2 N–H and O–H groups in total. The molecule has 0 fully saturated rings. The third-order valence-corrected chi connectivity index (χ3v) is 3.24. The molecule has 4 nitrogen and oxygen atoms in total. The van der Waals surface area contributed by atoms with Crippen LogP contribution in [-0.4, -0.2) is 16.1 Å². The van der Waals surface area contributed by atoms with Crippen molar-refractivity contribution in [2.24, 2.45) is 0 Å². The Hall–Kier alpha value is -2.10. The normalized spacial score (nSPS) is 10.5. The first kappa shape index (κ1) is 13.3. The summed E-state index contributed by atoms with van der Waals surface area (Å²) in [5, 5.41) is 9.69. The molecule has 0 aliphatic rings. The third kappa shape index (κ3) is 2.67. The number of hydrogen-bond donors (Lipinski definition) is 2. The second-order valence-electron chi connectivity index (χ2n) is 4.85. The molecule has 2 rings (SSSR count). The minimum atomic E-state index is -0.0889. The van der Waals surface area contributed by atoms with Crippen molar-refractivity contribution >= 4 is 11.7 Å². The molecule has 1 aromatic carbocycles. The second kappa shape index (κ2) is 5.26. The molecule has 0 unspecified atom stereocenters. The smallest absolute Gasteiger partial charge is 0.257 e. The van der Waals surface area contributed by atoms with Gasteiger partial charge < -0.3 is 5.32 Å². The van der Waals surface area contributed by atoms with Crippen LogP contribution in [0.3, 0.4) is 0 Å². The Morgan fingerprint density at radius 3 is 2.47 bits per heavy atom. The highest BCUT2D eigenvalue weighted by atomic mass is 16.1. The lowest BCUT2D eigenvalue weighted by Gasteiger charge is -2.11. The number of anilines is 1. The number of nitrogens with one attached hydrogen (secondary N) is 2. The van der Waals surface area contributed by atoms with Gasteiger partial charge >= 0.3 is 0 Å². The van der Waals surface area contributed by atoms with Crippen molar-refractivity contribution in [3.8, 4) is 0 Å². The van der Waals surface area contributed by atoms with Gasteiger partial charge in [0, 0.05) is 11.1 Å². The Morgan fingerprint density at radius 1 is 1.26 bits per heavy atom. The average Bonchev–Trinajstić information content (AvgIpc) is 2.74. The first-order chi connectivity index (χ1) is 9.02. The summed E-state index contributed by atoms with van der Waals surface area (Å²) in [5.41, 5.74) is 4.90. The summed E-state index contributed by atoms with van der Waals surface area (Å²) in [6.07, 6.45) is 2.57. The summed E-state index contributed by atoms with van der Waals surface area (Å²) in [7, 11) is 0. The summed E-state index contributed by atoms with van der Waals surface area (Å²) in [4.78, 5) is 12.4. The maximum Gasteiger partial charge on any atom is 0.257 e. The first-order valence-corrected chi connectivity index (χ1v) is 6.44. The summed E-state index contributed by atoms with van der Waals surface area (Å²) < 4.78 is 0. The van der Waals surface area contributed by atoms with Gasteiger partial charge in [-0.3, -0.25) is 9.89 Å². The predicted octanol–water partition coefficient (Wildman–Crippen LogP) is 3.15. The average molecular weight is 257 g/mol. The molecule has 0 aliphatic carbocycles. The number of hydrogen-bond acceptors (Lipinski definition) is 2. The number of benzene rings is 1. The Morgan fingerprint density at radius 2 is 1.89 bits per heavy atom. The van der Waals surface area contributed by atoms with E-state index in [0.29, 0.717) is 5.82 Å². The van der Waals surface area contributed by atoms with Gasteiger partial charge in [-0.2, -0.15) is 5.10 Å². The lowest BCUT2D eigenvalue weighted by molar-refractivity contribution is 0.102. The SMILES string of the molecule is CCc1cn[nH]c1NC(=O)c1c(C)cc(C)cc1C. The zero-order valence-corrected chi connectivity index (χ0v) is 11.8. The summed E-state index contributed by atoms with van der Waals surface area (Å²) in [6, 6.07) is 4.05. The van der Waals surface area contributed by atoms with E-state index in [1.54, 1.807) is 6.20 Å². The van der Waals surface area contributed by atoms with Gasteiger partial charge in [0.25, 0.3) is 5.91 Å². The molecule has 19 heavy (non-hydrogen) atoms. The van der Waals surface area contributed by atoms with Crippen molar-refractivity contribution in [1.29, 1.82) is 0 Å². The van der Waals surface area contributed by atoms with E-state index in [0.717, 1.165) is 28.7 Å². The quantitative estimate of drug-likeness (QED) is 0.887. The van der Waals surface area contributed by atoms with E-state index in [1.165, 1.54) is 5.56 Å². The molecule has 2 aromatic rings. The van der Waals surface area contributed by atoms with Gasteiger partial charge in [0.2, 0.25) is 0 Å². The summed E-state index contributed by atoms with van der Waals surface area (Å²) >= 11 is 0. The molecule has 1 amide bonds. The fraction of sp³-hybridized carbons (Fsp3) is 0.333. The molecular formula is C15H19N3O. The molecule has 0 saturated carbocycles. The first-order valence-electron chi connectivity index (χ1n) is 6.44. The molecule has 0 spiro atoms. The molecule has 0 atom stereocenters. The van der Waals surface area contributed by atoms with Gasteiger partial charge in [0.05, 0.1) is 6.20 Å². The highest BCUT2D eigenvalue weighted by molar-refractivity contribution is 6.06. The van der Waals surface area contributed by atoms with Gasteiger partial charge in [-0.15, -0.1) is 0 Å². The fourth-order valence-electron chi connectivity index (χ4n) is 2.40. The Bertz CT molecular complexity index is 591. The van der Waals surface area contributed by atoms with Crippen molar-refractivity contribution in [1.82, 2.24) is 10.2 Å². The zero-order chi connectivity index (χ0) is 14.0. The van der Waals surface area contributed by atoms with Crippen LogP contribution < -0.4 is 5.32 Å². The molecule has 0 saturated heterocycles. The van der Waals surface area contributed by atoms with Gasteiger partial charge in [-0.05, 0) is 38.3 Å². The molecule has 4 heteroatoms. The van der Waals surface area contributed by atoms with Crippen LogP contribution in [-0.2, 0) is 6.42 Å². The van der Waals surface area contributed by atoms with Crippen molar-refractivity contribution in [2.75, 3.05) is 5.32 Å². The van der Waals surface area contributed by atoms with E-state index < -0.39 is 0 Å². The van der Waals surface area contributed by atoms with E-state index in [9.17, 15) is 4.79 Å².